The lowest BCUT2D eigenvalue weighted by atomic mass is 10.1. The number of ether oxygens (including phenoxy) is 1. The molecule has 7 heteroatoms. The fourth-order valence-corrected chi connectivity index (χ4v) is 2.88. The van der Waals surface area contributed by atoms with Gasteiger partial charge in [-0.25, -0.2) is 0 Å². The summed E-state index contributed by atoms with van der Waals surface area (Å²) < 4.78 is 28.5. The van der Waals surface area contributed by atoms with Crippen LogP contribution >= 0.6 is 0 Å². The third-order valence-electron chi connectivity index (χ3n) is 4.03. The Morgan fingerprint density at radius 3 is 2.60 bits per heavy atom. The van der Waals surface area contributed by atoms with Crippen molar-refractivity contribution in [1.82, 2.24) is 10.2 Å². The third kappa shape index (κ3) is 5.99. The van der Waals surface area contributed by atoms with Gasteiger partial charge in [0.1, 0.15) is 5.75 Å². The van der Waals surface area contributed by atoms with E-state index in [1.54, 1.807) is 17.0 Å². The molecule has 1 saturated heterocycles. The zero-order chi connectivity index (χ0) is 18.4. The number of carbonyl (C=O) groups excluding carboxylic acids is 2. The molecule has 1 aliphatic rings. The Kier molecular flexibility index (Phi) is 6.73. The predicted octanol–water partition coefficient (Wildman–Crippen LogP) is 2.45. The highest BCUT2D eigenvalue weighted by atomic mass is 19.3. The lowest BCUT2D eigenvalue weighted by molar-refractivity contribution is -0.129. The van der Waals surface area contributed by atoms with E-state index in [1.165, 1.54) is 12.1 Å². The Bertz CT molecular complexity index is 590. The Morgan fingerprint density at radius 2 is 2.00 bits per heavy atom. The van der Waals surface area contributed by atoms with Crippen molar-refractivity contribution in [1.29, 1.82) is 0 Å². The molecule has 0 aliphatic carbocycles. The smallest absolute Gasteiger partial charge is 0.387 e. The van der Waals surface area contributed by atoms with Gasteiger partial charge in [0.2, 0.25) is 11.8 Å². The first-order chi connectivity index (χ1) is 11.8. The minimum atomic E-state index is -2.84. The van der Waals surface area contributed by atoms with Crippen LogP contribution in [0, 0.1) is 11.8 Å². The molecule has 138 valence electrons. The van der Waals surface area contributed by atoms with Gasteiger partial charge in [0.05, 0.1) is 5.92 Å². The first-order valence-electron chi connectivity index (χ1n) is 8.44. The lowest BCUT2D eigenvalue weighted by Gasteiger charge is -2.18. The van der Waals surface area contributed by atoms with Gasteiger partial charge in [-0.2, -0.15) is 8.78 Å². The summed E-state index contributed by atoms with van der Waals surface area (Å²) in [4.78, 5) is 25.9. The maximum atomic E-state index is 12.2. The summed E-state index contributed by atoms with van der Waals surface area (Å²) >= 11 is 0. The Labute approximate surface area is 146 Å². The van der Waals surface area contributed by atoms with Gasteiger partial charge in [0.25, 0.3) is 0 Å². The Morgan fingerprint density at radius 1 is 1.32 bits per heavy atom. The van der Waals surface area contributed by atoms with Crippen LogP contribution < -0.4 is 10.1 Å². The van der Waals surface area contributed by atoms with Crippen LogP contribution in [-0.2, 0) is 16.0 Å². The number of halogens is 2. The summed E-state index contributed by atoms with van der Waals surface area (Å²) in [6.07, 6.45) is 0.843. The van der Waals surface area contributed by atoms with Crippen LogP contribution in [-0.4, -0.2) is 43.0 Å². The summed E-state index contributed by atoms with van der Waals surface area (Å²) in [5.74, 6) is 0.106. The van der Waals surface area contributed by atoms with Gasteiger partial charge in [0, 0.05) is 26.1 Å². The van der Waals surface area contributed by atoms with E-state index in [0.29, 0.717) is 32.0 Å². The highest BCUT2D eigenvalue weighted by Gasteiger charge is 2.34. The van der Waals surface area contributed by atoms with Gasteiger partial charge in [-0.3, -0.25) is 9.59 Å². The summed E-state index contributed by atoms with van der Waals surface area (Å²) in [5.41, 5.74) is 0.908. The van der Waals surface area contributed by atoms with E-state index in [9.17, 15) is 18.4 Å². The second-order valence-electron chi connectivity index (χ2n) is 6.66. The summed E-state index contributed by atoms with van der Waals surface area (Å²) in [6.45, 7) is 2.83. The van der Waals surface area contributed by atoms with Gasteiger partial charge >= 0.3 is 6.61 Å². The van der Waals surface area contributed by atoms with Crippen LogP contribution in [0.25, 0.3) is 0 Å². The minimum absolute atomic E-state index is 0.0310. The maximum absolute atomic E-state index is 12.2. The van der Waals surface area contributed by atoms with Crippen molar-refractivity contribution in [3.63, 3.8) is 0 Å². The number of hydrogen-bond donors (Lipinski definition) is 1. The van der Waals surface area contributed by atoms with Crippen molar-refractivity contribution >= 4 is 11.8 Å². The molecule has 0 spiro atoms. The first-order valence-corrected chi connectivity index (χ1v) is 8.44. The number of nitrogens with one attached hydrogen (secondary N) is 1. The molecule has 2 rings (SSSR count). The largest absolute Gasteiger partial charge is 0.435 e. The fraction of sp³-hybridized carbons (Fsp3) is 0.556. The highest BCUT2D eigenvalue weighted by molar-refractivity contribution is 5.89. The minimum Gasteiger partial charge on any atom is -0.435 e. The topological polar surface area (TPSA) is 58.6 Å². The molecule has 0 saturated carbocycles. The molecule has 1 atom stereocenters. The number of rotatable bonds is 8. The second-order valence-corrected chi connectivity index (χ2v) is 6.66. The monoisotopic (exact) mass is 354 g/mol. The number of amides is 2. The number of carbonyl (C=O) groups is 2. The van der Waals surface area contributed by atoms with E-state index in [1.807, 2.05) is 13.8 Å². The Hall–Kier alpha value is -2.18. The maximum Gasteiger partial charge on any atom is 0.387 e. The number of benzene rings is 1. The molecule has 0 bridgehead atoms. The molecule has 25 heavy (non-hydrogen) atoms. The van der Waals surface area contributed by atoms with Crippen LogP contribution in [0.5, 0.6) is 5.75 Å². The first kappa shape index (κ1) is 19.1. The van der Waals surface area contributed by atoms with Crippen molar-refractivity contribution < 1.29 is 23.1 Å². The average Bonchev–Trinajstić information content (AvgIpc) is 2.89. The van der Waals surface area contributed by atoms with Crippen LogP contribution in [0.1, 0.15) is 25.8 Å². The molecule has 1 aromatic carbocycles. The van der Waals surface area contributed by atoms with E-state index >= 15 is 0 Å². The SMILES string of the molecule is CC(C)CN1CC(C(=O)NCCc2ccc(OC(F)F)cc2)CC1=O. The van der Waals surface area contributed by atoms with Crippen LogP contribution in [0.2, 0.25) is 0 Å². The average molecular weight is 354 g/mol. The molecule has 1 unspecified atom stereocenters. The van der Waals surface area contributed by atoms with E-state index in [0.717, 1.165) is 5.56 Å². The molecule has 1 aliphatic heterocycles. The summed E-state index contributed by atoms with van der Waals surface area (Å²) in [5, 5.41) is 2.85. The predicted molar refractivity (Wildman–Crippen MR) is 89.3 cm³/mol. The number of hydrogen-bond acceptors (Lipinski definition) is 3. The summed E-state index contributed by atoms with van der Waals surface area (Å²) in [7, 11) is 0. The molecule has 1 N–H and O–H groups in total. The van der Waals surface area contributed by atoms with E-state index < -0.39 is 6.61 Å². The van der Waals surface area contributed by atoms with Crippen molar-refractivity contribution in [2.75, 3.05) is 19.6 Å². The standard InChI is InChI=1S/C18H24F2N2O3/c1-12(2)10-22-11-14(9-16(22)23)17(24)21-8-7-13-3-5-15(6-4-13)25-18(19)20/h3-6,12,14,18H,7-11H2,1-2H3,(H,21,24). The van der Waals surface area contributed by atoms with Gasteiger partial charge in [0.15, 0.2) is 0 Å². The zero-order valence-corrected chi connectivity index (χ0v) is 14.5. The molecule has 0 aromatic heterocycles. The molecule has 2 amide bonds. The number of alkyl halides is 2. The molecule has 0 radical (unpaired) electrons. The number of nitrogens with zero attached hydrogens (tertiary/aromatic N) is 1. The normalized spacial score (nSPS) is 17.4. The molecular formula is C18H24F2N2O3. The number of likely N-dealkylation sites (tertiary alicyclic amines) is 1. The quantitative estimate of drug-likeness (QED) is 0.780. The van der Waals surface area contributed by atoms with E-state index in [2.05, 4.69) is 10.1 Å². The lowest BCUT2D eigenvalue weighted by Crippen LogP contribution is -2.35. The summed E-state index contributed by atoms with van der Waals surface area (Å²) in [6, 6.07) is 6.33. The van der Waals surface area contributed by atoms with Crippen LogP contribution in [0.15, 0.2) is 24.3 Å². The Balaban J connectivity index is 1.74. The van der Waals surface area contributed by atoms with Crippen molar-refractivity contribution in [3.8, 4) is 5.75 Å². The van der Waals surface area contributed by atoms with Gasteiger partial charge < -0.3 is 15.0 Å². The zero-order valence-electron chi connectivity index (χ0n) is 14.5. The highest BCUT2D eigenvalue weighted by Crippen LogP contribution is 2.19. The molecule has 1 aromatic rings. The van der Waals surface area contributed by atoms with Crippen molar-refractivity contribution in [2.24, 2.45) is 11.8 Å². The second kappa shape index (κ2) is 8.78. The fourth-order valence-electron chi connectivity index (χ4n) is 2.88. The van der Waals surface area contributed by atoms with Crippen LogP contribution in [0.3, 0.4) is 0 Å². The molecule has 5 nitrogen and oxygen atoms in total. The third-order valence-corrected chi connectivity index (χ3v) is 4.03. The van der Waals surface area contributed by atoms with Crippen LogP contribution in [0.4, 0.5) is 8.78 Å². The van der Waals surface area contributed by atoms with E-state index in [-0.39, 0.29) is 29.9 Å². The van der Waals surface area contributed by atoms with Gasteiger partial charge in [-0.15, -0.1) is 0 Å². The molecule has 1 fully saturated rings. The van der Waals surface area contributed by atoms with Gasteiger partial charge in [-0.05, 0) is 30.0 Å². The molecule has 1 heterocycles. The molecular weight excluding hydrogens is 330 g/mol. The van der Waals surface area contributed by atoms with Crippen molar-refractivity contribution in [2.45, 2.75) is 33.3 Å². The van der Waals surface area contributed by atoms with E-state index in [4.69, 9.17) is 0 Å². The van der Waals surface area contributed by atoms with Crippen molar-refractivity contribution in [3.05, 3.63) is 29.8 Å². The van der Waals surface area contributed by atoms with Gasteiger partial charge in [-0.1, -0.05) is 26.0 Å².